The number of thiocarbonyl (C=S) groups is 1. The predicted molar refractivity (Wildman–Crippen MR) is 128 cm³/mol. The fraction of sp³-hybridized carbons (Fsp3) is 0.227. The van der Waals surface area contributed by atoms with E-state index in [0.717, 1.165) is 45.4 Å². The number of hydrogen-bond acceptors (Lipinski definition) is 6. The van der Waals surface area contributed by atoms with Gasteiger partial charge in [-0.15, -0.1) is 10.2 Å². The lowest BCUT2D eigenvalue weighted by Gasteiger charge is -2.13. The van der Waals surface area contributed by atoms with Crippen molar-refractivity contribution >= 4 is 45.2 Å². The molecular weight excluding hydrogens is 428 g/mol. The Morgan fingerprint density at radius 3 is 2.58 bits per heavy atom. The first-order chi connectivity index (χ1) is 15.0. The van der Waals surface area contributed by atoms with Gasteiger partial charge in [0.05, 0.1) is 0 Å². The van der Waals surface area contributed by atoms with Crippen molar-refractivity contribution in [2.75, 3.05) is 5.32 Å². The van der Waals surface area contributed by atoms with Gasteiger partial charge in [0, 0.05) is 23.2 Å². The molecule has 0 saturated carbocycles. The molecule has 4 rings (SSSR count). The molecule has 0 radical (unpaired) electrons. The summed E-state index contributed by atoms with van der Waals surface area (Å²) in [6.45, 7) is 6.08. The molecule has 2 heterocycles. The minimum absolute atomic E-state index is 0.241. The topological polar surface area (TPSA) is 84.2 Å². The minimum atomic E-state index is -0.241. The molecule has 4 aromatic rings. The second-order valence-corrected chi connectivity index (χ2v) is 8.42. The average Bonchev–Trinajstić information content (AvgIpc) is 3.36. The number of carbonyl (C=O) groups is 1. The van der Waals surface area contributed by atoms with Gasteiger partial charge >= 0.3 is 0 Å². The van der Waals surface area contributed by atoms with Crippen LogP contribution in [0, 0.1) is 6.92 Å². The van der Waals surface area contributed by atoms with Crippen LogP contribution in [0.4, 0.5) is 5.69 Å². The summed E-state index contributed by atoms with van der Waals surface area (Å²) in [5.41, 5.74) is 4.50. The van der Waals surface area contributed by atoms with Crippen LogP contribution >= 0.6 is 23.6 Å². The van der Waals surface area contributed by atoms with Gasteiger partial charge < -0.3 is 5.32 Å². The Hall–Kier alpha value is -3.17. The summed E-state index contributed by atoms with van der Waals surface area (Å²) in [6, 6.07) is 13.5. The maximum absolute atomic E-state index is 12.5. The Morgan fingerprint density at radius 2 is 1.87 bits per heavy atom. The fourth-order valence-corrected chi connectivity index (χ4v) is 4.16. The second kappa shape index (κ2) is 8.91. The zero-order chi connectivity index (χ0) is 22.0. The van der Waals surface area contributed by atoms with Crippen molar-refractivity contribution in [1.29, 1.82) is 0 Å². The molecule has 0 saturated heterocycles. The van der Waals surface area contributed by atoms with Gasteiger partial charge in [-0.2, -0.15) is 9.61 Å². The Morgan fingerprint density at radius 1 is 1.10 bits per heavy atom. The number of benzene rings is 2. The number of rotatable bonds is 5. The van der Waals surface area contributed by atoms with E-state index in [-0.39, 0.29) is 11.0 Å². The maximum atomic E-state index is 12.5. The molecule has 0 spiro atoms. The number of nitrogens with one attached hydrogen (secondary N) is 2. The Bertz CT molecular complexity index is 1260. The van der Waals surface area contributed by atoms with E-state index in [1.54, 1.807) is 16.6 Å². The van der Waals surface area contributed by atoms with Crippen LogP contribution in [0.3, 0.4) is 0 Å². The summed E-state index contributed by atoms with van der Waals surface area (Å²) >= 11 is 6.85. The van der Waals surface area contributed by atoms with Crippen molar-refractivity contribution in [1.82, 2.24) is 25.1 Å². The molecule has 2 aromatic carbocycles. The summed E-state index contributed by atoms with van der Waals surface area (Å²) in [5.74, 6) is 0.591. The molecule has 0 aliphatic carbocycles. The zero-order valence-electron chi connectivity index (χ0n) is 17.5. The zero-order valence-corrected chi connectivity index (χ0v) is 19.1. The molecule has 0 aliphatic heterocycles. The van der Waals surface area contributed by atoms with E-state index in [0.29, 0.717) is 5.56 Å². The van der Waals surface area contributed by atoms with Crippen molar-refractivity contribution in [3.8, 4) is 10.6 Å². The fourth-order valence-electron chi connectivity index (χ4n) is 3.10. The summed E-state index contributed by atoms with van der Waals surface area (Å²) in [7, 11) is 0. The van der Waals surface area contributed by atoms with E-state index >= 15 is 0 Å². The number of aryl methyl sites for hydroxylation is 3. The molecule has 158 valence electrons. The molecule has 9 heteroatoms. The van der Waals surface area contributed by atoms with Crippen molar-refractivity contribution in [3.05, 3.63) is 65.0 Å². The van der Waals surface area contributed by atoms with Crippen LogP contribution in [0.25, 0.3) is 15.5 Å². The number of aromatic nitrogens is 4. The Labute approximate surface area is 189 Å². The predicted octanol–water partition coefficient (Wildman–Crippen LogP) is 4.41. The summed E-state index contributed by atoms with van der Waals surface area (Å²) in [5, 5.41) is 19.9. The Balaban J connectivity index is 1.50. The SMILES string of the molecule is CCc1ccc(C(=O)NC(=S)Nc2cc(-c3nn4c(CC)nnc4s3)ccc2C)cc1. The van der Waals surface area contributed by atoms with Crippen molar-refractivity contribution < 1.29 is 4.79 Å². The number of carbonyl (C=O) groups excluding carboxylic acids is 1. The van der Waals surface area contributed by atoms with E-state index < -0.39 is 0 Å². The van der Waals surface area contributed by atoms with Gasteiger partial charge in [0.2, 0.25) is 4.96 Å². The van der Waals surface area contributed by atoms with Crippen LogP contribution in [0.15, 0.2) is 42.5 Å². The van der Waals surface area contributed by atoms with Crippen LogP contribution in [-0.4, -0.2) is 30.8 Å². The highest BCUT2D eigenvalue weighted by Crippen LogP contribution is 2.29. The molecule has 2 N–H and O–H groups in total. The van der Waals surface area contributed by atoms with Crippen molar-refractivity contribution in [2.45, 2.75) is 33.6 Å². The normalized spacial score (nSPS) is 10.9. The molecule has 0 aliphatic rings. The largest absolute Gasteiger partial charge is 0.332 e. The third kappa shape index (κ3) is 4.47. The first-order valence-corrected chi connectivity index (χ1v) is 11.2. The molecule has 1 amide bonds. The first kappa shape index (κ1) is 21.1. The number of fused-ring (bicyclic) bond motifs is 1. The van der Waals surface area contributed by atoms with Gasteiger partial charge in [-0.3, -0.25) is 10.1 Å². The van der Waals surface area contributed by atoms with Crippen molar-refractivity contribution in [2.24, 2.45) is 0 Å². The average molecular weight is 451 g/mol. The molecule has 0 atom stereocenters. The lowest BCUT2D eigenvalue weighted by atomic mass is 10.1. The van der Waals surface area contributed by atoms with E-state index in [4.69, 9.17) is 12.2 Å². The van der Waals surface area contributed by atoms with E-state index in [2.05, 4.69) is 32.9 Å². The molecular formula is C22H22N6OS2. The highest BCUT2D eigenvalue weighted by molar-refractivity contribution is 7.80. The number of amides is 1. The molecule has 0 bridgehead atoms. The van der Waals surface area contributed by atoms with Crippen molar-refractivity contribution in [3.63, 3.8) is 0 Å². The van der Waals surface area contributed by atoms with E-state index in [9.17, 15) is 4.79 Å². The van der Waals surface area contributed by atoms with Crippen LogP contribution in [0.1, 0.15) is 41.2 Å². The summed E-state index contributed by atoms with van der Waals surface area (Å²) in [6.07, 6.45) is 1.69. The van der Waals surface area contributed by atoms with Crippen LogP contribution in [0.5, 0.6) is 0 Å². The van der Waals surface area contributed by atoms with Gasteiger partial charge in [-0.1, -0.05) is 49.4 Å². The lowest BCUT2D eigenvalue weighted by molar-refractivity contribution is 0.0977. The molecule has 0 unspecified atom stereocenters. The van der Waals surface area contributed by atoms with Crippen LogP contribution < -0.4 is 10.6 Å². The lowest BCUT2D eigenvalue weighted by Crippen LogP contribution is -2.34. The first-order valence-electron chi connectivity index (χ1n) is 10.0. The second-order valence-electron chi connectivity index (χ2n) is 7.06. The highest BCUT2D eigenvalue weighted by Gasteiger charge is 2.14. The summed E-state index contributed by atoms with van der Waals surface area (Å²) in [4.78, 5) is 13.2. The number of hydrogen-bond donors (Lipinski definition) is 2. The van der Waals surface area contributed by atoms with Gasteiger partial charge in [0.1, 0.15) is 5.01 Å². The van der Waals surface area contributed by atoms with Gasteiger partial charge in [-0.05, 0) is 54.9 Å². The summed E-state index contributed by atoms with van der Waals surface area (Å²) < 4.78 is 1.78. The molecule has 0 fully saturated rings. The molecule has 31 heavy (non-hydrogen) atoms. The third-order valence-electron chi connectivity index (χ3n) is 4.96. The molecule has 7 nitrogen and oxygen atoms in total. The van der Waals surface area contributed by atoms with Crippen LogP contribution in [0.2, 0.25) is 0 Å². The smallest absolute Gasteiger partial charge is 0.257 e. The monoisotopic (exact) mass is 450 g/mol. The minimum Gasteiger partial charge on any atom is -0.332 e. The quantitative estimate of drug-likeness (QED) is 0.438. The maximum Gasteiger partial charge on any atom is 0.257 e. The van der Waals surface area contributed by atoms with Gasteiger partial charge in [0.15, 0.2) is 10.9 Å². The standard InChI is InChI=1S/C22H22N6OS2/c1-4-14-7-10-15(11-8-14)19(29)24-21(30)23-17-12-16(9-6-13(17)3)20-27-28-18(5-2)25-26-22(28)31-20/h6-12H,4-5H2,1-3H3,(H2,23,24,29,30). The number of anilines is 1. The van der Waals surface area contributed by atoms with E-state index in [1.807, 2.05) is 44.2 Å². The third-order valence-corrected chi connectivity index (χ3v) is 6.11. The Kier molecular flexibility index (Phi) is 6.06. The van der Waals surface area contributed by atoms with E-state index in [1.165, 1.54) is 16.9 Å². The van der Waals surface area contributed by atoms with Crippen LogP contribution in [-0.2, 0) is 12.8 Å². The van der Waals surface area contributed by atoms with Gasteiger partial charge in [-0.25, -0.2) is 0 Å². The molecule has 2 aromatic heterocycles. The number of nitrogens with zero attached hydrogens (tertiary/aromatic N) is 4. The highest BCUT2D eigenvalue weighted by atomic mass is 32.1. The van der Waals surface area contributed by atoms with Gasteiger partial charge in [0.25, 0.3) is 5.91 Å².